The molecule has 0 aliphatic rings. The summed E-state index contributed by atoms with van der Waals surface area (Å²) in [6.07, 6.45) is 3.14. The first-order chi connectivity index (χ1) is 9.67. The minimum absolute atomic E-state index is 0.0569. The van der Waals surface area contributed by atoms with Crippen LogP contribution in [0, 0.1) is 0 Å². The smallest absolute Gasteiger partial charge is 0.221 e. The Bertz CT molecular complexity index is 440. The lowest BCUT2D eigenvalue weighted by atomic mass is 10.3. The van der Waals surface area contributed by atoms with Crippen molar-refractivity contribution >= 4 is 11.9 Å². The Morgan fingerprint density at radius 2 is 2.15 bits per heavy atom. The summed E-state index contributed by atoms with van der Waals surface area (Å²) in [6, 6.07) is 1.94. The van der Waals surface area contributed by atoms with E-state index in [1.807, 2.05) is 20.0 Å². The van der Waals surface area contributed by atoms with Gasteiger partial charge >= 0.3 is 0 Å². The average Bonchev–Trinajstić information content (AvgIpc) is 2.85. The van der Waals surface area contributed by atoms with Crippen molar-refractivity contribution in [1.29, 1.82) is 0 Å². The van der Waals surface area contributed by atoms with Gasteiger partial charge in [-0.3, -0.25) is 14.5 Å². The van der Waals surface area contributed by atoms with Crippen molar-refractivity contribution in [3.8, 4) is 0 Å². The molecule has 0 saturated heterocycles. The molecule has 0 bridgehead atoms. The summed E-state index contributed by atoms with van der Waals surface area (Å²) >= 11 is 0. The normalized spacial score (nSPS) is 11.2. The number of carbonyl (C=O) groups is 1. The molecule has 0 aromatic carbocycles. The molecule has 7 nitrogen and oxygen atoms in total. The van der Waals surface area contributed by atoms with Crippen LogP contribution in [0.25, 0.3) is 0 Å². The van der Waals surface area contributed by atoms with Crippen LogP contribution in [0.15, 0.2) is 17.3 Å². The summed E-state index contributed by atoms with van der Waals surface area (Å²) in [7, 11) is 3.60. The predicted octanol–water partition coefficient (Wildman–Crippen LogP) is 0.00140. The van der Waals surface area contributed by atoms with Crippen molar-refractivity contribution in [1.82, 2.24) is 25.7 Å². The van der Waals surface area contributed by atoms with Gasteiger partial charge < -0.3 is 16.0 Å². The van der Waals surface area contributed by atoms with E-state index in [9.17, 15) is 4.79 Å². The van der Waals surface area contributed by atoms with Crippen molar-refractivity contribution in [3.63, 3.8) is 0 Å². The Morgan fingerprint density at radius 3 is 2.75 bits per heavy atom. The van der Waals surface area contributed by atoms with Gasteiger partial charge in [0, 0.05) is 39.8 Å². The van der Waals surface area contributed by atoms with Gasteiger partial charge in [0.05, 0.1) is 12.2 Å². The van der Waals surface area contributed by atoms with Crippen LogP contribution in [0.2, 0.25) is 0 Å². The second-order valence-electron chi connectivity index (χ2n) is 4.40. The summed E-state index contributed by atoms with van der Waals surface area (Å²) in [4.78, 5) is 15.5. The SMILES string of the molecule is CCCNC(=O)CCNC(=NC)NCc1ccnn1C. The summed E-state index contributed by atoms with van der Waals surface area (Å²) in [6.45, 7) is 3.95. The van der Waals surface area contributed by atoms with Crippen LogP contribution in [0.5, 0.6) is 0 Å². The standard InChI is InChI=1S/C13H24N6O/c1-4-7-15-12(20)6-8-16-13(14-2)17-10-11-5-9-18-19(11)3/h5,9H,4,6-8,10H2,1-3H3,(H,15,20)(H2,14,16,17). The van der Waals surface area contributed by atoms with E-state index in [1.54, 1.807) is 17.9 Å². The number of aryl methyl sites for hydroxylation is 1. The predicted molar refractivity (Wildman–Crippen MR) is 79.3 cm³/mol. The van der Waals surface area contributed by atoms with Gasteiger partial charge in [-0.1, -0.05) is 6.92 Å². The number of guanidine groups is 1. The number of carbonyl (C=O) groups excluding carboxylic acids is 1. The monoisotopic (exact) mass is 280 g/mol. The Kier molecular flexibility index (Phi) is 7.16. The quantitative estimate of drug-likeness (QED) is 0.485. The number of amides is 1. The molecule has 1 aromatic heterocycles. The number of hydrogen-bond acceptors (Lipinski definition) is 3. The summed E-state index contributed by atoms with van der Waals surface area (Å²) in [5.41, 5.74) is 1.06. The molecule has 7 heteroatoms. The minimum atomic E-state index is 0.0569. The Labute approximate surface area is 119 Å². The van der Waals surface area contributed by atoms with E-state index in [4.69, 9.17) is 0 Å². The second kappa shape index (κ2) is 8.95. The highest BCUT2D eigenvalue weighted by molar-refractivity contribution is 5.81. The third-order valence-corrected chi connectivity index (χ3v) is 2.80. The zero-order valence-electron chi connectivity index (χ0n) is 12.4. The molecule has 0 aliphatic carbocycles. The third kappa shape index (κ3) is 5.73. The second-order valence-corrected chi connectivity index (χ2v) is 4.40. The van der Waals surface area contributed by atoms with Gasteiger partial charge in [-0.2, -0.15) is 5.10 Å². The van der Waals surface area contributed by atoms with E-state index in [0.29, 0.717) is 25.5 Å². The molecule has 1 heterocycles. The summed E-state index contributed by atoms with van der Waals surface area (Å²) < 4.78 is 1.80. The molecule has 112 valence electrons. The topological polar surface area (TPSA) is 83.3 Å². The van der Waals surface area contributed by atoms with Crippen molar-refractivity contribution < 1.29 is 4.79 Å². The van der Waals surface area contributed by atoms with Gasteiger partial charge in [-0.25, -0.2) is 0 Å². The first-order valence-corrected chi connectivity index (χ1v) is 6.85. The summed E-state index contributed by atoms with van der Waals surface area (Å²) in [5.74, 6) is 0.732. The molecule has 0 spiro atoms. The van der Waals surface area contributed by atoms with E-state index >= 15 is 0 Å². The van der Waals surface area contributed by atoms with Crippen LogP contribution >= 0.6 is 0 Å². The van der Waals surface area contributed by atoms with Crippen LogP contribution < -0.4 is 16.0 Å². The van der Waals surface area contributed by atoms with Crippen LogP contribution in [0.1, 0.15) is 25.5 Å². The zero-order valence-corrected chi connectivity index (χ0v) is 12.4. The van der Waals surface area contributed by atoms with Crippen LogP contribution in [0.3, 0.4) is 0 Å². The number of aliphatic imine (C=N–C) groups is 1. The fourth-order valence-corrected chi connectivity index (χ4v) is 1.62. The Morgan fingerprint density at radius 1 is 1.35 bits per heavy atom. The average molecular weight is 280 g/mol. The minimum Gasteiger partial charge on any atom is -0.356 e. The van der Waals surface area contributed by atoms with Gasteiger partial charge in [0.15, 0.2) is 5.96 Å². The maximum Gasteiger partial charge on any atom is 0.221 e. The molecule has 0 fully saturated rings. The van der Waals surface area contributed by atoms with Crippen molar-refractivity contribution in [2.24, 2.45) is 12.0 Å². The number of nitrogens with one attached hydrogen (secondary N) is 3. The number of aromatic nitrogens is 2. The van der Waals surface area contributed by atoms with Gasteiger partial charge in [-0.05, 0) is 12.5 Å². The molecule has 3 N–H and O–H groups in total. The molecule has 1 amide bonds. The van der Waals surface area contributed by atoms with E-state index in [-0.39, 0.29) is 5.91 Å². The molecule has 0 radical (unpaired) electrons. The zero-order chi connectivity index (χ0) is 14.8. The lowest BCUT2D eigenvalue weighted by Crippen LogP contribution is -2.39. The number of nitrogens with zero attached hydrogens (tertiary/aromatic N) is 3. The number of hydrogen-bond donors (Lipinski definition) is 3. The first-order valence-electron chi connectivity index (χ1n) is 6.85. The molecule has 0 atom stereocenters. The maximum absolute atomic E-state index is 11.4. The lowest BCUT2D eigenvalue weighted by Gasteiger charge is -2.11. The lowest BCUT2D eigenvalue weighted by molar-refractivity contribution is -0.120. The van der Waals surface area contributed by atoms with Crippen molar-refractivity contribution in [2.75, 3.05) is 20.1 Å². The molecule has 1 aromatic rings. The third-order valence-electron chi connectivity index (χ3n) is 2.80. The Hall–Kier alpha value is -2.05. The molecule has 20 heavy (non-hydrogen) atoms. The Balaban J connectivity index is 2.23. The molecule has 0 unspecified atom stereocenters. The van der Waals surface area contributed by atoms with Crippen LogP contribution in [-0.4, -0.2) is 41.8 Å². The van der Waals surface area contributed by atoms with Crippen LogP contribution in [0.4, 0.5) is 0 Å². The van der Waals surface area contributed by atoms with Gasteiger partial charge in [-0.15, -0.1) is 0 Å². The highest BCUT2D eigenvalue weighted by atomic mass is 16.1. The van der Waals surface area contributed by atoms with E-state index in [2.05, 4.69) is 26.0 Å². The molecule has 0 saturated carbocycles. The van der Waals surface area contributed by atoms with Crippen LogP contribution in [-0.2, 0) is 18.4 Å². The molecular weight excluding hydrogens is 256 g/mol. The highest BCUT2D eigenvalue weighted by Crippen LogP contribution is 1.94. The van der Waals surface area contributed by atoms with E-state index < -0.39 is 0 Å². The largest absolute Gasteiger partial charge is 0.356 e. The highest BCUT2D eigenvalue weighted by Gasteiger charge is 2.03. The fourth-order valence-electron chi connectivity index (χ4n) is 1.62. The van der Waals surface area contributed by atoms with Gasteiger partial charge in [0.25, 0.3) is 0 Å². The van der Waals surface area contributed by atoms with Crippen molar-refractivity contribution in [3.05, 3.63) is 18.0 Å². The first kappa shape index (κ1) is 16.0. The van der Waals surface area contributed by atoms with E-state index in [1.165, 1.54) is 0 Å². The van der Waals surface area contributed by atoms with Gasteiger partial charge in [0.1, 0.15) is 0 Å². The van der Waals surface area contributed by atoms with E-state index in [0.717, 1.165) is 18.7 Å². The molecule has 1 rings (SSSR count). The summed E-state index contributed by atoms with van der Waals surface area (Å²) in [5, 5.41) is 13.2. The molecular formula is C13H24N6O. The number of rotatable bonds is 7. The van der Waals surface area contributed by atoms with Gasteiger partial charge in [0.2, 0.25) is 5.91 Å². The fraction of sp³-hybridized carbons (Fsp3) is 0.615. The maximum atomic E-state index is 11.4. The van der Waals surface area contributed by atoms with Crippen molar-refractivity contribution in [2.45, 2.75) is 26.3 Å². The molecule has 0 aliphatic heterocycles.